The van der Waals surface area contributed by atoms with Crippen molar-refractivity contribution < 1.29 is 4.79 Å². The summed E-state index contributed by atoms with van der Waals surface area (Å²) in [6.45, 7) is 8.34. The lowest BCUT2D eigenvalue weighted by atomic mass is 9.94. The van der Waals surface area contributed by atoms with E-state index in [1.165, 1.54) is 6.42 Å². The van der Waals surface area contributed by atoms with Gasteiger partial charge in [-0.1, -0.05) is 27.7 Å². The van der Waals surface area contributed by atoms with E-state index in [0.717, 1.165) is 12.8 Å². The first kappa shape index (κ1) is 11.7. The van der Waals surface area contributed by atoms with E-state index in [9.17, 15) is 4.79 Å². The summed E-state index contributed by atoms with van der Waals surface area (Å²) in [7, 11) is 0. The highest BCUT2D eigenvalue weighted by molar-refractivity contribution is 5.83. The summed E-state index contributed by atoms with van der Waals surface area (Å²) in [6.07, 6.45) is 3.30. The predicted molar refractivity (Wildman–Crippen MR) is 59.2 cm³/mol. The molecule has 0 spiro atoms. The van der Waals surface area contributed by atoms with Gasteiger partial charge in [-0.25, -0.2) is 0 Å². The summed E-state index contributed by atoms with van der Waals surface area (Å²) in [5.74, 6) is 0.988. The first-order chi connectivity index (χ1) is 6.50. The fourth-order valence-electron chi connectivity index (χ4n) is 2.33. The van der Waals surface area contributed by atoms with Gasteiger partial charge in [-0.15, -0.1) is 0 Å². The summed E-state index contributed by atoms with van der Waals surface area (Å²) in [5.41, 5.74) is 0. The van der Waals surface area contributed by atoms with Crippen LogP contribution in [0.15, 0.2) is 0 Å². The Labute approximate surface area is 87.5 Å². The molecule has 0 aromatic carbocycles. The lowest BCUT2D eigenvalue weighted by molar-refractivity contribution is -0.125. The highest BCUT2D eigenvalue weighted by Gasteiger charge is 2.30. The van der Waals surface area contributed by atoms with Crippen LogP contribution < -0.4 is 5.32 Å². The Morgan fingerprint density at radius 1 is 1.21 bits per heavy atom. The molecule has 0 heterocycles. The smallest absolute Gasteiger partial charge is 0.138 e. The molecule has 82 valence electrons. The maximum Gasteiger partial charge on any atom is 0.138 e. The molecule has 1 aliphatic carbocycles. The Bertz CT molecular complexity index is 198. The van der Waals surface area contributed by atoms with Gasteiger partial charge in [0.25, 0.3) is 0 Å². The molecule has 1 fully saturated rings. The van der Waals surface area contributed by atoms with Crippen LogP contribution in [-0.4, -0.2) is 17.9 Å². The lowest BCUT2D eigenvalue weighted by Gasteiger charge is -2.16. The number of hydrogen-bond acceptors (Lipinski definition) is 2. The van der Waals surface area contributed by atoms with Crippen molar-refractivity contribution in [2.45, 2.75) is 59.0 Å². The van der Waals surface area contributed by atoms with E-state index in [-0.39, 0.29) is 5.92 Å². The maximum absolute atomic E-state index is 11.7. The summed E-state index contributed by atoms with van der Waals surface area (Å²) in [4.78, 5) is 11.7. The second kappa shape index (κ2) is 4.92. The van der Waals surface area contributed by atoms with Crippen molar-refractivity contribution in [1.82, 2.24) is 5.32 Å². The van der Waals surface area contributed by atoms with Crippen LogP contribution >= 0.6 is 0 Å². The SMILES string of the molecule is CC(C)N[C@@H]1CC[C@H](C(=O)C(C)C)C1. The van der Waals surface area contributed by atoms with Crippen LogP contribution in [0.4, 0.5) is 0 Å². The minimum Gasteiger partial charge on any atom is -0.312 e. The number of ketones is 1. The molecule has 1 aliphatic rings. The van der Waals surface area contributed by atoms with Gasteiger partial charge in [0.2, 0.25) is 0 Å². The molecular formula is C12H23NO. The highest BCUT2D eigenvalue weighted by atomic mass is 16.1. The van der Waals surface area contributed by atoms with Crippen molar-refractivity contribution in [3.8, 4) is 0 Å². The van der Waals surface area contributed by atoms with Gasteiger partial charge in [-0.2, -0.15) is 0 Å². The average molecular weight is 197 g/mol. The van der Waals surface area contributed by atoms with Crippen LogP contribution in [0.3, 0.4) is 0 Å². The number of rotatable bonds is 4. The normalized spacial score (nSPS) is 27.6. The van der Waals surface area contributed by atoms with Gasteiger partial charge in [0.05, 0.1) is 0 Å². The van der Waals surface area contributed by atoms with E-state index in [0.29, 0.717) is 23.8 Å². The molecule has 2 nitrogen and oxygen atoms in total. The molecule has 2 atom stereocenters. The summed E-state index contributed by atoms with van der Waals surface area (Å²) < 4.78 is 0. The number of Topliss-reactive ketones (excluding diaryl/α,β-unsaturated/α-hetero) is 1. The van der Waals surface area contributed by atoms with Crippen molar-refractivity contribution >= 4 is 5.78 Å². The molecule has 1 N–H and O–H groups in total. The number of nitrogens with one attached hydrogen (secondary N) is 1. The fourth-order valence-corrected chi connectivity index (χ4v) is 2.33. The zero-order chi connectivity index (χ0) is 10.7. The molecule has 1 rings (SSSR count). The Kier molecular flexibility index (Phi) is 4.11. The minimum atomic E-state index is 0.206. The Morgan fingerprint density at radius 3 is 2.36 bits per heavy atom. The summed E-state index contributed by atoms with van der Waals surface area (Å²) in [6, 6.07) is 1.11. The molecule has 0 unspecified atom stereocenters. The molecule has 1 saturated carbocycles. The topological polar surface area (TPSA) is 29.1 Å². The second-order valence-electron chi connectivity index (χ2n) is 5.09. The van der Waals surface area contributed by atoms with Crippen LogP contribution in [0.2, 0.25) is 0 Å². The van der Waals surface area contributed by atoms with E-state index in [1.54, 1.807) is 0 Å². The van der Waals surface area contributed by atoms with Gasteiger partial charge in [0, 0.05) is 23.9 Å². The Hall–Kier alpha value is -0.370. The zero-order valence-electron chi connectivity index (χ0n) is 9.84. The van der Waals surface area contributed by atoms with Gasteiger partial charge in [-0.05, 0) is 19.3 Å². The maximum atomic E-state index is 11.7. The summed E-state index contributed by atoms with van der Waals surface area (Å²) >= 11 is 0. The molecule has 0 radical (unpaired) electrons. The van der Waals surface area contributed by atoms with Crippen molar-refractivity contribution in [3.63, 3.8) is 0 Å². The van der Waals surface area contributed by atoms with E-state index in [1.807, 2.05) is 13.8 Å². The van der Waals surface area contributed by atoms with Gasteiger partial charge in [0.15, 0.2) is 0 Å². The predicted octanol–water partition coefficient (Wildman–Crippen LogP) is 2.38. The molecule has 0 aliphatic heterocycles. The first-order valence-corrected chi connectivity index (χ1v) is 5.80. The van der Waals surface area contributed by atoms with Crippen LogP contribution in [0.1, 0.15) is 47.0 Å². The zero-order valence-corrected chi connectivity index (χ0v) is 9.84. The fraction of sp³-hybridized carbons (Fsp3) is 0.917. The van der Waals surface area contributed by atoms with Crippen LogP contribution in [-0.2, 0) is 4.79 Å². The average Bonchev–Trinajstić information content (AvgIpc) is 2.50. The third-order valence-corrected chi connectivity index (χ3v) is 2.97. The molecule has 0 bridgehead atoms. The molecule has 0 amide bonds. The molecule has 0 aromatic heterocycles. The quantitative estimate of drug-likeness (QED) is 0.749. The van der Waals surface area contributed by atoms with E-state index in [2.05, 4.69) is 19.2 Å². The third-order valence-electron chi connectivity index (χ3n) is 2.97. The van der Waals surface area contributed by atoms with Crippen molar-refractivity contribution in [1.29, 1.82) is 0 Å². The summed E-state index contributed by atoms with van der Waals surface area (Å²) in [5, 5.41) is 3.51. The molecule has 2 heteroatoms. The van der Waals surface area contributed by atoms with Gasteiger partial charge >= 0.3 is 0 Å². The molecule has 0 aromatic rings. The van der Waals surface area contributed by atoms with Crippen LogP contribution in [0, 0.1) is 11.8 Å². The molecular weight excluding hydrogens is 174 g/mol. The molecule has 14 heavy (non-hydrogen) atoms. The number of hydrogen-bond donors (Lipinski definition) is 1. The number of carbonyl (C=O) groups is 1. The van der Waals surface area contributed by atoms with Crippen LogP contribution in [0.25, 0.3) is 0 Å². The first-order valence-electron chi connectivity index (χ1n) is 5.80. The van der Waals surface area contributed by atoms with Gasteiger partial charge in [-0.3, -0.25) is 4.79 Å². The van der Waals surface area contributed by atoms with Gasteiger partial charge in [0.1, 0.15) is 5.78 Å². The monoisotopic (exact) mass is 197 g/mol. The minimum absolute atomic E-state index is 0.206. The van der Waals surface area contributed by atoms with Crippen LogP contribution in [0.5, 0.6) is 0 Å². The van der Waals surface area contributed by atoms with E-state index < -0.39 is 0 Å². The standard InChI is InChI=1S/C12H23NO/c1-8(2)12(14)10-5-6-11(7-10)13-9(3)4/h8-11,13H,5-7H2,1-4H3/t10-,11+/m0/s1. The number of carbonyl (C=O) groups excluding carboxylic acids is 1. The largest absolute Gasteiger partial charge is 0.312 e. The molecule has 0 saturated heterocycles. The second-order valence-corrected chi connectivity index (χ2v) is 5.09. The third kappa shape index (κ3) is 3.09. The van der Waals surface area contributed by atoms with Crippen molar-refractivity contribution in [2.24, 2.45) is 11.8 Å². The Morgan fingerprint density at radius 2 is 1.86 bits per heavy atom. The highest BCUT2D eigenvalue weighted by Crippen LogP contribution is 2.28. The van der Waals surface area contributed by atoms with E-state index >= 15 is 0 Å². The van der Waals surface area contributed by atoms with Crippen molar-refractivity contribution in [3.05, 3.63) is 0 Å². The van der Waals surface area contributed by atoms with Crippen molar-refractivity contribution in [2.75, 3.05) is 0 Å². The van der Waals surface area contributed by atoms with E-state index in [4.69, 9.17) is 0 Å². The van der Waals surface area contributed by atoms with Gasteiger partial charge < -0.3 is 5.32 Å². The Balaban J connectivity index is 2.37. The lowest BCUT2D eigenvalue weighted by Crippen LogP contribution is -2.33.